The highest BCUT2D eigenvalue weighted by Crippen LogP contribution is 2.32. The summed E-state index contributed by atoms with van der Waals surface area (Å²) in [7, 11) is 1.69. The highest BCUT2D eigenvalue weighted by atomic mass is 16.5. The molecule has 0 aliphatic carbocycles. The van der Waals surface area contributed by atoms with Gasteiger partial charge in [0, 0.05) is 36.4 Å². The van der Waals surface area contributed by atoms with E-state index in [0.29, 0.717) is 5.92 Å². The molecule has 1 aliphatic heterocycles. The summed E-state index contributed by atoms with van der Waals surface area (Å²) >= 11 is 0. The van der Waals surface area contributed by atoms with Crippen LogP contribution in [0.3, 0.4) is 0 Å². The smallest absolute Gasteiger partial charge is 0.303 e. The van der Waals surface area contributed by atoms with E-state index in [4.69, 9.17) is 4.74 Å². The maximum Gasteiger partial charge on any atom is 0.303 e. The van der Waals surface area contributed by atoms with Gasteiger partial charge < -0.3 is 14.7 Å². The summed E-state index contributed by atoms with van der Waals surface area (Å²) in [5, 5.41) is 10.7. The zero-order valence-electron chi connectivity index (χ0n) is 20.0. The topological polar surface area (TPSA) is 75.5 Å². The van der Waals surface area contributed by atoms with Crippen molar-refractivity contribution in [1.82, 2.24) is 14.9 Å². The Kier molecular flexibility index (Phi) is 8.47. The lowest BCUT2D eigenvalue weighted by Gasteiger charge is -2.38. The van der Waals surface area contributed by atoms with Gasteiger partial charge in [0.15, 0.2) is 0 Å². The van der Waals surface area contributed by atoms with E-state index in [1.165, 1.54) is 5.56 Å². The van der Waals surface area contributed by atoms with Gasteiger partial charge in [-0.3, -0.25) is 14.8 Å². The van der Waals surface area contributed by atoms with Gasteiger partial charge in [0.2, 0.25) is 0 Å². The molecule has 4 rings (SSSR count). The highest BCUT2D eigenvalue weighted by molar-refractivity contribution is 5.83. The fourth-order valence-corrected chi connectivity index (χ4v) is 5.31. The maximum absolute atomic E-state index is 11.6. The Morgan fingerprint density at radius 2 is 2.00 bits per heavy atom. The van der Waals surface area contributed by atoms with Crippen LogP contribution in [0.15, 0.2) is 54.9 Å². The van der Waals surface area contributed by atoms with Crippen molar-refractivity contribution < 1.29 is 14.6 Å². The lowest BCUT2D eigenvalue weighted by Crippen LogP contribution is -2.41. The van der Waals surface area contributed by atoms with Gasteiger partial charge in [-0.05, 0) is 105 Å². The molecule has 1 aromatic carbocycles. The number of methoxy groups -OCH3 is 1. The fourth-order valence-electron chi connectivity index (χ4n) is 5.31. The minimum atomic E-state index is -0.683. The molecular weight excluding hydrogens is 426 g/mol. The number of aliphatic carboxylic acids is 1. The minimum Gasteiger partial charge on any atom is -0.497 e. The number of ether oxygens (including phenoxy) is 1. The zero-order chi connectivity index (χ0) is 23.8. The molecule has 2 aromatic heterocycles. The molecule has 2 atom stereocenters. The first-order valence-corrected chi connectivity index (χ1v) is 12.4. The van der Waals surface area contributed by atoms with Crippen molar-refractivity contribution in [2.75, 3.05) is 26.7 Å². The third-order valence-corrected chi connectivity index (χ3v) is 7.11. The molecule has 34 heavy (non-hydrogen) atoms. The molecule has 1 saturated heterocycles. The van der Waals surface area contributed by atoms with Crippen LogP contribution < -0.4 is 4.74 Å². The van der Waals surface area contributed by atoms with Gasteiger partial charge in [-0.15, -0.1) is 0 Å². The summed E-state index contributed by atoms with van der Waals surface area (Å²) in [5.74, 6) is 0.845. The Balaban J connectivity index is 1.31. The van der Waals surface area contributed by atoms with Crippen LogP contribution in [0.1, 0.15) is 43.4 Å². The standard InChI is InChI=1S/C28H35N3O3/c1-34-25-10-11-27-26(19-25)22(12-15-30-27)7-4-6-21-13-17-31(20-23(21)18-28(32)33)16-5-9-24-8-2-3-14-29-24/h2-3,8,10-12,14-15,19,21,23H,4-7,9,13,16-18,20H2,1H3,(H,32,33)/t21-,23+/m1/s1. The summed E-state index contributed by atoms with van der Waals surface area (Å²) in [6.07, 6.45) is 10.2. The van der Waals surface area contributed by atoms with Crippen molar-refractivity contribution in [2.24, 2.45) is 11.8 Å². The van der Waals surface area contributed by atoms with Crippen LogP contribution in [0.5, 0.6) is 5.75 Å². The fraction of sp³-hybridized carbons (Fsp3) is 0.464. The Labute approximate surface area is 202 Å². The van der Waals surface area contributed by atoms with Crippen LogP contribution in [0.4, 0.5) is 0 Å². The Bertz CT molecular complexity index is 1070. The molecule has 1 N–H and O–H groups in total. The van der Waals surface area contributed by atoms with E-state index in [1.807, 2.05) is 36.7 Å². The molecule has 180 valence electrons. The summed E-state index contributed by atoms with van der Waals surface area (Å²) in [6, 6.07) is 14.2. The van der Waals surface area contributed by atoms with E-state index < -0.39 is 5.97 Å². The third kappa shape index (κ3) is 6.54. The molecule has 3 heterocycles. The van der Waals surface area contributed by atoms with Crippen LogP contribution >= 0.6 is 0 Å². The number of rotatable bonds is 11. The number of carbonyl (C=O) groups is 1. The maximum atomic E-state index is 11.6. The number of hydrogen-bond acceptors (Lipinski definition) is 5. The number of nitrogens with zero attached hydrogens (tertiary/aromatic N) is 3. The van der Waals surface area contributed by atoms with E-state index in [9.17, 15) is 9.90 Å². The van der Waals surface area contributed by atoms with E-state index in [-0.39, 0.29) is 12.3 Å². The molecule has 1 fully saturated rings. The lowest BCUT2D eigenvalue weighted by atomic mass is 9.79. The number of benzene rings is 1. The molecule has 0 radical (unpaired) electrons. The molecule has 0 unspecified atom stereocenters. The van der Waals surface area contributed by atoms with E-state index in [1.54, 1.807) is 7.11 Å². The van der Waals surface area contributed by atoms with Crippen molar-refractivity contribution >= 4 is 16.9 Å². The van der Waals surface area contributed by atoms with Crippen molar-refractivity contribution in [1.29, 1.82) is 0 Å². The largest absolute Gasteiger partial charge is 0.497 e. The normalized spacial score (nSPS) is 18.7. The average molecular weight is 462 g/mol. The Morgan fingerprint density at radius 1 is 1.09 bits per heavy atom. The molecule has 0 bridgehead atoms. The molecule has 6 nitrogen and oxygen atoms in total. The van der Waals surface area contributed by atoms with Crippen LogP contribution in [0, 0.1) is 11.8 Å². The summed E-state index contributed by atoms with van der Waals surface area (Å²) in [6.45, 7) is 2.94. The second kappa shape index (κ2) is 11.9. The number of likely N-dealkylation sites (tertiary alicyclic amines) is 1. The number of pyridine rings is 2. The van der Waals surface area contributed by atoms with Crippen LogP contribution in [0.2, 0.25) is 0 Å². The van der Waals surface area contributed by atoms with Gasteiger partial charge in [0.25, 0.3) is 0 Å². The van der Waals surface area contributed by atoms with Crippen LogP contribution in [0.25, 0.3) is 10.9 Å². The number of fused-ring (bicyclic) bond motifs is 1. The molecule has 0 spiro atoms. The van der Waals surface area contributed by atoms with Crippen molar-refractivity contribution in [2.45, 2.75) is 44.9 Å². The number of carboxylic acid groups (broad SMARTS) is 1. The monoisotopic (exact) mass is 461 g/mol. The van der Waals surface area contributed by atoms with Gasteiger partial charge >= 0.3 is 5.97 Å². The molecular formula is C28H35N3O3. The molecule has 0 saturated carbocycles. The SMILES string of the molecule is COc1ccc2nccc(CCC[C@@H]3CCN(CCCc4ccccn4)C[C@@H]3CC(=O)O)c2c1. The van der Waals surface area contributed by atoms with Gasteiger partial charge in [-0.2, -0.15) is 0 Å². The number of hydrogen-bond donors (Lipinski definition) is 1. The average Bonchev–Trinajstić information content (AvgIpc) is 2.85. The first kappa shape index (κ1) is 24.1. The van der Waals surface area contributed by atoms with E-state index in [2.05, 4.69) is 33.1 Å². The van der Waals surface area contributed by atoms with Gasteiger partial charge in [-0.1, -0.05) is 6.07 Å². The molecule has 3 aromatic rings. The summed E-state index contributed by atoms with van der Waals surface area (Å²) in [4.78, 5) is 22.9. The summed E-state index contributed by atoms with van der Waals surface area (Å²) in [5.41, 5.74) is 3.40. The molecule has 6 heteroatoms. The van der Waals surface area contributed by atoms with Crippen molar-refractivity contribution in [3.63, 3.8) is 0 Å². The molecule has 1 aliphatic rings. The van der Waals surface area contributed by atoms with Gasteiger partial charge in [0.05, 0.1) is 12.6 Å². The number of aromatic nitrogens is 2. The predicted molar refractivity (Wildman–Crippen MR) is 134 cm³/mol. The Morgan fingerprint density at radius 3 is 2.79 bits per heavy atom. The van der Waals surface area contributed by atoms with Crippen molar-refractivity contribution in [3.05, 3.63) is 66.1 Å². The number of piperidine rings is 1. The summed E-state index contributed by atoms with van der Waals surface area (Å²) < 4.78 is 5.40. The van der Waals surface area contributed by atoms with E-state index in [0.717, 1.165) is 80.5 Å². The second-order valence-corrected chi connectivity index (χ2v) is 9.38. The number of carboxylic acids is 1. The van der Waals surface area contributed by atoms with E-state index >= 15 is 0 Å². The van der Waals surface area contributed by atoms with Gasteiger partial charge in [-0.25, -0.2) is 0 Å². The molecule has 0 amide bonds. The minimum absolute atomic E-state index is 0.218. The first-order valence-electron chi connectivity index (χ1n) is 12.4. The number of aryl methyl sites for hydroxylation is 2. The Hall–Kier alpha value is -2.99. The third-order valence-electron chi connectivity index (χ3n) is 7.11. The van der Waals surface area contributed by atoms with Crippen molar-refractivity contribution in [3.8, 4) is 5.75 Å². The first-order chi connectivity index (χ1) is 16.6. The second-order valence-electron chi connectivity index (χ2n) is 9.38. The highest BCUT2D eigenvalue weighted by Gasteiger charge is 2.30. The van der Waals surface area contributed by atoms with Crippen LogP contribution in [-0.2, 0) is 17.6 Å². The lowest BCUT2D eigenvalue weighted by molar-refractivity contribution is -0.139. The quantitative estimate of drug-likeness (QED) is 0.433. The van der Waals surface area contributed by atoms with Crippen LogP contribution in [-0.4, -0.2) is 52.7 Å². The predicted octanol–water partition coefficient (Wildman–Crippen LogP) is 5.01. The zero-order valence-corrected chi connectivity index (χ0v) is 20.0. The van der Waals surface area contributed by atoms with Gasteiger partial charge in [0.1, 0.15) is 5.75 Å².